The Hall–Kier alpha value is -2.41. The van der Waals surface area contributed by atoms with Crippen molar-refractivity contribution in [2.24, 2.45) is 5.92 Å². The maximum absolute atomic E-state index is 6.63. The van der Waals surface area contributed by atoms with Gasteiger partial charge in [-0.15, -0.1) is 0 Å². The van der Waals surface area contributed by atoms with Crippen LogP contribution in [-0.2, 0) is 10.3 Å². The van der Waals surface area contributed by atoms with Gasteiger partial charge in [0.1, 0.15) is 5.76 Å². The number of allylic oxidation sites excluding steroid dienone is 3. The maximum atomic E-state index is 6.63. The molecule has 0 spiro atoms. The van der Waals surface area contributed by atoms with Crippen molar-refractivity contribution in [1.82, 2.24) is 4.31 Å². The molecule has 3 heteroatoms. The van der Waals surface area contributed by atoms with Crippen LogP contribution < -0.4 is 0 Å². The second kappa shape index (κ2) is 8.31. The van der Waals surface area contributed by atoms with Crippen molar-refractivity contribution in [3.8, 4) is 11.8 Å². The summed E-state index contributed by atoms with van der Waals surface area (Å²) in [4.78, 5) is 1.27. The lowest BCUT2D eigenvalue weighted by Crippen LogP contribution is -2.57. The van der Waals surface area contributed by atoms with Gasteiger partial charge in [0.2, 0.25) is 0 Å². The first-order valence-electron chi connectivity index (χ1n) is 9.74. The molecule has 2 aromatic rings. The van der Waals surface area contributed by atoms with Crippen molar-refractivity contribution >= 4 is 11.9 Å². The molecule has 142 valence electrons. The summed E-state index contributed by atoms with van der Waals surface area (Å²) >= 11 is 1.80. The normalized spacial score (nSPS) is 20.8. The third kappa shape index (κ3) is 4.35. The zero-order chi connectivity index (χ0) is 19.4. The van der Waals surface area contributed by atoms with E-state index in [0.717, 1.165) is 25.3 Å². The van der Waals surface area contributed by atoms with Gasteiger partial charge in [-0.1, -0.05) is 60.4 Å². The van der Waals surface area contributed by atoms with Gasteiger partial charge in [-0.2, -0.15) is 0 Å². The Bertz CT molecular complexity index is 945. The molecule has 0 aromatic heterocycles. The van der Waals surface area contributed by atoms with Crippen LogP contribution in [0.1, 0.15) is 24.5 Å². The molecular formula is C25H25NOS. The summed E-state index contributed by atoms with van der Waals surface area (Å²) in [7, 11) is 0. The van der Waals surface area contributed by atoms with E-state index in [1.165, 1.54) is 16.0 Å². The fraction of sp³-hybridized carbons (Fsp3) is 0.280. The minimum Gasteiger partial charge on any atom is -0.480 e. The minimum atomic E-state index is -0.315. The lowest BCUT2D eigenvalue weighted by atomic mass is 9.87. The van der Waals surface area contributed by atoms with Crippen molar-refractivity contribution in [3.05, 3.63) is 89.7 Å². The van der Waals surface area contributed by atoms with E-state index in [1.807, 2.05) is 0 Å². The molecule has 28 heavy (non-hydrogen) atoms. The summed E-state index contributed by atoms with van der Waals surface area (Å²) in [5.74, 6) is 7.60. The first-order chi connectivity index (χ1) is 13.6. The van der Waals surface area contributed by atoms with Crippen molar-refractivity contribution in [3.63, 3.8) is 0 Å². The largest absolute Gasteiger partial charge is 0.480 e. The Morgan fingerprint density at radius 3 is 2.71 bits per heavy atom. The summed E-state index contributed by atoms with van der Waals surface area (Å²) < 4.78 is 9.00. The van der Waals surface area contributed by atoms with Gasteiger partial charge in [0, 0.05) is 17.2 Å². The molecule has 2 aromatic carbocycles. The van der Waals surface area contributed by atoms with Crippen LogP contribution >= 0.6 is 11.9 Å². The van der Waals surface area contributed by atoms with Crippen molar-refractivity contribution in [2.75, 3.05) is 13.1 Å². The van der Waals surface area contributed by atoms with Gasteiger partial charge in [0.05, 0.1) is 13.1 Å². The molecule has 1 atom stereocenters. The summed E-state index contributed by atoms with van der Waals surface area (Å²) in [6.45, 7) is 5.95. The third-order valence-electron chi connectivity index (χ3n) is 4.98. The second-order valence-corrected chi connectivity index (χ2v) is 8.62. The Morgan fingerprint density at radius 1 is 1.11 bits per heavy atom. The smallest absolute Gasteiger partial charge is 0.161 e. The standard InChI is InChI=1S/C25H25NOS/c1-20-9-6-7-13-23(16-15-20)27-25(22-11-4-3-5-12-22)18-26(19-25)28-24-14-8-10-21(2)17-24/h3-5,8,10-17,20H,7,18-19H2,1-2H3. The monoisotopic (exact) mass is 387 g/mol. The molecule has 4 rings (SSSR count). The zero-order valence-electron chi connectivity index (χ0n) is 16.4. The number of nitrogens with zero attached hydrogens (tertiary/aromatic N) is 1. The Labute approximate surface area is 172 Å². The van der Waals surface area contributed by atoms with Crippen LogP contribution in [0.3, 0.4) is 0 Å². The number of aryl methyl sites for hydroxylation is 1. The van der Waals surface area contributed by atoms with Gasteiger partial charge in [-0.25, -0.2) is 4.31 Å². The van der Waals surface area contributed by atoms with E-state index in [2.05, 4.69) is 103 Å². The van der Waals surface area contributed by atoms with Crippen molar-refractivity contribution < 1.29 is 4.74 Å². The van der Waals surface area contributed by atoms with E-state index < -0.39 is 0 Å². The van der Waals surface area contributed by atoms with E-state index in [0.29, 0.717) is 0 Å². The summed E-state index contributed by atoms with van der Waals surface area (Å²) in [6, 6.07) is 19.2. The highest BCUT2D eigenvalue weighted by Gasteiger charge is 2.47. The van der Waals surface area contributed by atoms with E-state index in [4.69, 9.17) is 4.74 Å². The molecule has 1 saturated heterocycles. The lowest BCUT2D eigenvalue weighted by Gasteiger charge is -2.49. The van der Waals surface area contributed by atoms with E-state index in [1.54, 1.807) is 11.9 Å². The highest BCUT2D eigenvalue weighted by molar-refractivity contribution is 7.97. The van der Waals surface area contributed by atoms with Crippen molar-refractivity contribution in [2.45, 2.75) is 30.8 Å². The minimum absolute atomic E-state index is 0.259. The number of hydrogen-bond acceptors (Lipinski definition) is 3. The van der Waals surface area contributed by atoms with Gasteiger partial charge >= 0.3 is 0 Å². The molecule has 0 saturated carbocycles. The van der Waals surface area contributed by atoms with Gasteiger partial charge < -0.3 is 4.74 Å². The predicted molar refractivity (Wildman–Crippen MR) is 117 cm³/mol. The molecule has 2 nitrogen and oxygen atoms in total. The zero-order valence-corrected chi connectivity index (χ0v) is 17.2. The fourth-order valence-corrected chi connectivity index (χ4v) is 4.71. The number of hydrogen-bond donors (Lipinski definition) is 0. The van der Waals surface area contributed by atoms with Crippen LogP contribution in [-0.4, -0.2) is 17.4 Å². The van der Waals surface area contributed by atoms with Crippen LogP contribution in [0, 0.1) is 24.7 Å². The van der Waals surface area contributed by atoms with Gasteiger partial charge in [0.15, 0.2) is 5.60 Å². The highest BCUT2D eigenvalue weighted by atomic mass is 32.2. The summed E-state index contributed by atoms with van der Waals surface area (Å²) in [5.41, 5.74) is 2.20. The molecule has 1 aliphatic carbocycles. The Kier molecular flexibility index (Phi) is 5.62. The first kappa shape index (κ1) is 18.9. The fourth-order valence-electron chi connectivity index (χ4n) is 3.49. The second-order valence-electron chi connectivity index (χ2n) is 7.45. The Morgan fingerprint density at radius 2 is 1.93 bits per heavy atom. The predicted octanol–water partition coefficient (Wildman–Crippen LogP) is 5.71. The van der Waals surface area contributed by atoms with Gasteiger partial charge in [0.25, 0.3) is 0 Å². The third-order valence-corrected chi connectivity index (χ3v) is 5.97. The molecule has 1 heterocycles. The highest BCUT2D eigenvalue weighted by Crippen LogP contribution is 2.43. The first-order valence-corrected chi connectivity index (χ1v) is 10.5. The summed E-state index contributed by atoms with van der Waals surface area (Å²) in [6.07, 6.45) is 7.03. The molecule has 0 amide bonds. The van der Waals surface area contributed by atoms with E-state index in [-0.39, 0.29) is 11.5 Å². The van der Waals surface area contributed by atoms with Crippen LogP contribution in [0.15, 0.2) is 83.5 Å². The quantitative estimate of drug-likeness (QED) is 0.481. The van der Waals surface area contributed by atoms with E-state index in [9.17, 15) is 0 Å². The van der Waals surface area contributed by atoms with Crippen LogP contribution in [0.2, 0.25) is 0 Å². The Balaban J connectivity index is 1.53. The van der Waals surface area contributed by atoms with Gasteiger partial charge in [-0.3, -0.25) is 0 Å². The molecule has 0 bridgehead atoms. The number of benzene rings is 2. The maximum Gasteiger partial charge on any atom is 0.161 e. The molecular weight excluding hydrogens is 362 g/mol. The lowest BCUT2D eigenvalue weighted by molar-refractivity contribution is -0.0812. The van der Waals surface area contributed by atoms with Crippen LogP contribution in [0.25, 0.3) is 0 Å². The van der Waals surface area contributed by atoms with Crippen LogP contribution in [0.4, 0.5) is 0 Å². The average molecular weight is 388 g/mol. The number of rotatable bonds is 5. The molecule has 1 aliphatic heterocycles. The molecule has 0 radical (unpaired) electrons. The number of ether oxygens (including phenoxy) is 1. The summed E-state index contributed by atoms with van der Waals surface area (Å²) in [5, 5.41) is 0. The molecule has 0 N–H and O–H groups in total. The molecule has 2 aliphatic rings. The SMILES string of the molecule is Cc1cccc(SN2CC(OC3=CCC#CC(C)C=C3)(c3ccccc3)C2)c1. The molecule has 1 unspecified atom stereocenters. The average Bonchev–Trinajstić information content (AvgIpc) is 2.66. The van der Waals surface area contributed by atoms with Crippen LogP contribution in [0.5, 0.6) is 0 Å². The van der Waals surface area contributed by atoms with Gasteiger partial charge in [-0.05, 0) is 61.2 Å². The van der Waals surface area contributed by atoms with Crippen molar-refractivity contribution in [1.29, 1.82) is 0 Å². The molecule has 1 fully saturated rings. The van der Waals surface area contributed by atoms with E-state index >= 15 is 0 Å². The topological polar surface area (TPSA) is 12.5 Å².